The van der Waals surface area contributed by atoms with Crippen LogP contribution in [-0.2, 0) is 19.5 Å². The van der Waals surface area contributed by atoms with Gasteiger partial charge in [0.1, 0.15) is 0 Å². The molecule has 7 nitrogen and oxygen atoms in total. The zero-order chi connectivity index (χ0) is 27.9. The van der Waals surface area contributed by atoms with E-state index in [-0.39, 0.29) is 23.3 Å². The average Bonchev–Trinajstić information content (AvgIpc) is 3.67. The number of fused-ring (bicyclic) bond motifs is 1. The third kappa shape index (κ3) is 5.29. The Labute approximate surface area is 241 Å². The molecule has 2 saturated heterocycles. The maximum atomic E-state index is 13.6. The van der Waals surface area contributed by atoms with Crippen LogP contribution in [0.3, 0.4) is 0 Å². The van der Waals surface area contributed by atoms with Gasteiger partial charge in [-0.15, -0.1) is 0 Å². The molecule has 3 aliphatic rings. The number of amides is 2. The van der Waals surface area contributed by atoms with Crippen LogP contribution in [0.25, 0.3) is 0 Å². The minimum atomic E-state index is -0.178. The predicted molar refractivity (Wildman–Crippen MR) is 157 cm³/mol. The number of nitrogens with zero attached hydrogens (tertiary/aromatic N) is 4. The fourth-order valence-electron chi connectivity index (χ4n) is 6.77. The topological polar surface area (TPSA) is 70.5 Å². The van der Waals surface area contributed by atoms with Gasteiger partial charge < -0.3 is 10.2 Å². The molecule has 210 valence electrons. The van der Waals surface area contributed by atoms with Crippen molar-refractivity contribution in [3.05, 3.63) is 87.2 Å². The summed E-state index contributed by atoms with van der Waals surface area (Å²) in [7, 11) is 0. The van der Waals surface area contributed by atoms with Crippen LogP contribution in [0, 0.1) is 12.3 Å². The van der Waals surface area contributed by atoms with Crippen LogP contribution in [0.2, 0.25) is 5.02 Å². The number of carbonyl (C=O) groups is 2. The molecule has 2 aliphatic heterocycles. The Morgan fingerprint density at radius 1 is 1.10 bits per heavy atom. The Kier molecular flexibility index (Phi) is 7.44. The number of halogens is 1. The lowest BCUT2D eigenvalue weighted by Gasteiger charge is -2.39. The van der Waals surface area contributed by atoms with E-state index < -0.39 is 0 Å². The van der Waals surface area contributed by atoms with Crippen LogP contribution < -0.4 is 5.32 Å². The number of hydrogen-bond donors (Lipinski definition) is 1. The number of piperidine rings is 1. The van der Waals surface area contributed by atoms with Crippen molar-refractivity contribution in [1.82, 2.24) is 24.9 Å². The lowest BCUT2D eigenvalue weighted by molar-refractivity contribution is 0.0713. The summed E-state index contributed by atoms with van der Waals surface area (Å²) < 4.78 is 2.02. The summed E-state index contributed by atoms with van der Waals surface area (Å²) in [5.41, 5.74) is 6.11. The van der Waals surface area contributed by atoms with Gasteiger partial charge in [0.25, 0.3) is 11.8 Å². The second kappa shape index (κ2) is 11.0. The van der Waals surface area contributed by atoms with Crippen molar-refractivity contribution in [2.75, 3.05) is 26.2 Å². The summed E-state index contributed by atoms with van der Waals surface area (Å²) in [6.45, 7) is 9.83. The standard InChI is InChI=1S/C32H38ClN5O2/c1-3-38-20-25(22(2)35-38)19-36-15-12-32(13-16-36)14-17-37(21-32)31(40)24-9-8-23-10-11-29(27(23)18-24)34-30(39)26-6-4-5-7-28(26)33/h4-9,18,20,29H,3,10-17,19,21H2,1-2H3,(H,34,39). The molecule has 2 amide bonds. The highest BCUT2D eigenvalue weighted by Crippen LogP contribution is 2.41. The Morgan fingerprint density at radius 2 is 1.88 bits per heavy atom. The second-order valence-corrected chi connectivity index (χ2v) is 12.2. The molecule has 2 aromatic carbocycles. The highest BCUT2D eigenvalue weighted by Gasteiger charge is 2.42. The van der Waals surface area contributed by atoms with E-state index in [2.05, 4.69) is 46.3 Å². The van der Waals surface area contributed by atoms with E-state index in [1.165, 1.54) is 11.1 Å². The summed E-state index contributed by atoms with van der Waals surface area (Å²) in [5.74, 6) is -0.0739. The van der Waals surface area contributed by atoms with Crippen LogP contribution in [0.15, 0.2) is 48.7 Å². The van der Waals surface area contributed by atoms with Crippen LogP contribution in [0.4, 0.5) is 0 Å². The number of rotatable bonds is 6. The van der Waals surface area contributed by atoms with Crippen molar-refractivity contribution in [2.24, 2.45) is 5.41 Å². The summed E-state index contributed by atoms with van der Waals surface area (Å²) in [6.07, 6.45) is 7.21. The molecule has 8 heteroatoms. The third-order valence-corrected chi connectivity index (χ3v) is 9.63. The number of benzene rings is 2. The number of aromatic nitrogens is 2. The second-order valence-electron chi connectivity index (χ2n) is 11.8. The molecule has 40 heavy (non-hydrogen) atoms. The molecule has 0 bridgehead atoms. The summed E-state index contributed by atoms with van der Waals surface area (Å²) in [5, 5.41) is 8.19. The highest BCUT2D eigenvalue weighted by molar-refractivity contribution is 6.33. The van der Waals surface area contributed by atoms with Crippen LogP contribution in [0.1, 0.15) is 81.7 Å². The van der Waals surface area contributed by atoms with Gasteiger partial charge in [0.2, 0.25) is 0 Å². The van der Waals surface area contributed by atoms with Crippen molar-refractivity contribution in [1.29, 1.82) is 0 Å². The first-order chi connectivity index (χ1) is 19.3. The monoisotopic (exact) mass is 559 g/mol. The molecule has 1 atom stereocenters. The van der Waals surface area contributed by atoms with Crippen LogP contribution >= 0.6 is 11.6 Å². The molecular formula is C32H38ClN5O2. The molecule has 1 aliphatic carbocycles. The van der Waals surface area contributed by atoms with Crippen molar-refractivity contribution in [3.8, 4) is 0 Å². The number of nitrogens with one attached hydrogen (secondary N) is 1. The minimum Gasteiger partial charge on any atom is -0.345 e. The fraction of sp³-hybridized carbons (Fsp3) is 0.469. The van der Waals surface area contributed by atoms with E-state index in [4.69, 9.17) is 11.6 Å². The van der Waals surface area contributed by atoms with Gasteiger partial charge in [-0.25, -0.2) is 0 Å². The van der Waals surface area contributed by atoms with E-state index >= 15 is 0 Å². The lowest BCUT2D eigenvalue weighted by Crippen LogP contribution is -2.42. The Bertz CT molecular complexity index is 1420. The maximum Gasteiger partial charge on any atom is 0.253 e. The SMILES string of the molecule is CCn1cc(CN2CCC3(CC2)CCN(C(=O)c2ccc4c(c2)C(NC(=O)c2ccccc2Cl)CC4)C3)c(C)n1. The molecule has 3 heterocycles. The molecule has 6 rings (SSSR count). The van der Waals surface area contributed by atoms with Gasteiger partial charge in [0, 0.05) is 43.5 Å². The summed E-state index contributed by atoms with van der Waals surface area (Å²) >= 11 is 6.25. The molecule has 1 aromatic heterocycles. The van der Waals surface area contributed by atoms with E-state index in [1.54, 1.807) is 12.1 Å². The van der Waals surface area contributed by atoms with Gasteiger partial charge in [0.15, 0.2) is 0 Å². The lowest BCUT2D eigenvalue weighted by atomic mass is 9.77. The van der Waals surface area contributed by atoms with Crippen molar-refractivity contribution >= 4 is 23.4 Å². The van der Waals surface area contributed by atoms with E-state index in [0.29, 0.717) is 10.6 Å². The zero-order valence-electron chi connectivity index (χ0n) is 23.5. The summed E-state index contributed by atoms with van der Waals surface area (Å²) in [6, 6.07) is 13.0. The van der Waals surface area contributed by atoms with Gasteiger partial charge in [-0.1, -0.05) is 29.8 Å². The molecule has 1 unspecified atom stereocenters. The zero-order valence-corrected chi connectivity index (χ0v) is 24.2. The quantitative estimate of drug-likeness (QED) is 0.438. The van der Waals surface area contributed by atoms with Crippen LogP contribution in [0.5, 0.6) is 0 Å². The fourth-order valence-corrected chi connectivity index (χ4v) is 6.99. The molecule has 2 fully saturated rings. The van der Waals surface area contributed by atoms with E-state index in [9.17, 15) is 9.59 Å². The van der Waals surface area contributed by atoms with Gasteiger partial charge in [-0.3, -0.25) is 19.2 Å². The predicted octanol–water partition coefficient (Wildman–Crippen LogP) is 5.41. The highest BCUT2D eigenvalue weighted by atomic mass is 35.5. The van der Waals surface area contributed by atoms with Gasteiger partial charge in [-0.2, -0.15) is 5.10 Å². The Hall–Kier alpha value is -3.16. The van der Waals surface area contributed by atoms with E-state index in [1.807, 2.05) is 28.9 Å². The molecular weight excluding hydrogens is 522 g/mol. The first-order valence-electron chi connectivity index (χ1n) is 14.6. The molecule has 0 saturated carbocycles. The smallest absolute Gasteiger partial charge is 0.253 e. The van der Waals surface area contributed by atoms with Crippen molar-refractivity contribution < 1.29 is 9.59 Å². The Balaban J connectivity index is 1.08. The largest absolute Gasteiger partial charge is 0.345 e. The van der Waals surface area contributed by atoms with Gasteiger partial charge in [0.05, 0.1) is 22.3 Å². The number of likely N-dealkylation sites (tertiary alicyclic amines) is 2. The van der Waals surface area contributed by atoms with Crippen molar-refractivity contribution in [2.45, 2.75) is 65.1 Å². The number of carbonyl (C=O) groups excluding carboxylic acids is 2. The summed E-state index contributed by atoms with van der Waals surface area (Å²) in [4.78, 5) is 31.1. The first-order valence-corrected chi connectivity index (χ1v) is 14.9. The maximum absolute atomic E-state index is 13.6. The molecule has 1 N–H and O–H groups in total. The normalized spacial score (nSPS) is 20.2. The van der Waals surface area contributed by atoms with Gasteiger partial charge >= 0.3 is 0 Å². The minimum absolute atomic E-state index is 0.104. The number of hydrogen-bond acceptors (Lipinski definition) is 4. The molecule has 1 spiro atoms. The number of aryl methyl sites for hydroxylation is 3. The average molecular weight is 560 g/mol. The van der Waals surface area contributed by atoms with Gasteiger partial charge in [-0.05, 0) is 99.8 Å². The first kappa shape index (κ1) is 27.0. The van der Waals surface area contributed by atoms with Crippen molar-refractivity contribution in [3.63, 3.8) is 0 Å². The van der Waals surface area contributed by atoms with E-state index in [0.717, 1.165) is 88.2 Å². The third-order valence-electron chi connectivity index (χ3n) is 9.30. The Morgan fingerprint density at radius 3 is 2.62 bits per heavy atom. The van der Waals surface area contributed by atoms with Crippen LogP contribution in [-0.4, -0.2) is 57.6 Å². The molecule has 0 radical (unpaired) electrons. The molecule has 3 aromatic rings.